The molecule has 1 aromatic carbocycles. The van der Waals surface area contributed by atoms with Crippen molar-refractivity contribution in [3.05, 3.63) is 48.3 Å². The van der Waals surface area contributed by atoms with Gasteiger partial charge in [-0.3, -0.25) is 4.79 Å². The molecule has 0 spiro atoms. The molecule has 5 heteroatoms. The van der Waals surface area contributed by atoms with Crippen molar-refractivity contribution in [2.24, 2.45) is 0 Å². The van der Waals surface area contributed by atoms with E-state index < -0.39 is 0 Å². The third kappa shape index (κ3) is 4.72. The normalized spacial score (nSPS) is 14.2. The van der Waals surface area contributed by atoms with Gasteiger partial charge in [0, 0.05) is 31.0 Å². The Balaban J connectivity index is 1.58. The lowest BCUT2D eigenvalue weighted by Crippen LogP contribution is -2.29. The Kier molecular flexibility index (Phi) is 5.88. The molecule has 25 heavy (non-hydrogen) atoms. The minimum Gasteiger partial charge on any atom is -0.384 e. The highest BCUT2D eigenvalue weighted by atomic mass is 16.1. The van der Waals surface area contributed by atoms with E-state index in [4.69, 9.17) is 0 Å². The molecule has 1 amide bonds. The quantitative estimate of drug-likeness (QED) is 0.831. The van der Waals surface area contributed by atoms with Crippen LogP contribution in [0.4, 0.5) is 17.1 Å². The molecule has 0 aliphatic carbocycles. The highest BCUT2D eigenvalue weighted by Gasteiger charge is 2.11. The molecule has 0 saturated carbocycles. The van der Waals surface area contributed by atoms with Gasteiger partial charge in [-0.15, -0.1) is 0 Å². The molecule has 132 valence electrons. The van der Waals surface area contributed by atoms with E-state index in [1.54, 1.807) is 12.3 Å². The maximum Gasteiger partial charge on any atom is 0.274 e. The number of hydrogen-bond acceptors (Lipinski definition) is 4. The lowest BCUT2D eigenvalue weighted by molar-refractivity contribution is 0.102. The first kappa shape index (κ1) is 17.3. The average Bonchev–Trinajstić information content (AvgIpc) is 2.68. The molecule has 5 nitrogen and oxygen atoms in total. The number of nitrogens with one attached hydrogen (secondary N) is 2. The number of carbonyl (C=O) groups excluding carboxylic acids is 1. The second kappa shape index (κ2) is 8.51. The predicted molar refractivity (Wildman–Crippen MR) is 103 cm³/mol. The highest BCUT2D eigenvalue weighted by molar-refractivity contribution is 6.03. The molecule has 1 aromatic heterocycles. The first-order valence-corrected chi connectivity index (χ1v) is 9.12. The highest BCUT2D eigenvalue weighted by Crippen LogP contribution is 2.22. The van der Waals surface area contributed by atoms with Crippen molar-refractivity contribution in [1.82, 2.24) is 4.98 Å². The van der Waals surface area contributed by atoms with Gasteiger partial charge in [0.15, 0.2) is 0 Å². The molecule has 1 fully saturated rings. The fraction of sp³-hybridized carbons (Fsp3) is 0.400. The Bertz CT molecular complexity index is 676. The molecule has 0 unspecified atom stereocenters. The summed E-state index contributed by atoms with van der Waals surface area (Å²) >= 11 is 0. The van der Waals surface area contributed by atoms with Crippen molar-refractivity contribution >= 4 is 23.0 Å². The summed E-state index contributed by atoms with van der Waals surface area (Å²) in [5.41, 5.74) is 3.37. The molecule has 2 heterocycles. The molecule has 0 radical (unpaired) electrons. The topological polar surface area (TPSA) is 57.3 Å². The van der Waals surface area contributed by atoms with E-state index in [1.165, 1.54) is 24.9 Å². The number of hydrogen-bond donors (Lipinski definition) is 2. The second-order valence-corrected chi connectivity index (χ2v) is 6.41. The van der Waals surface area contributed by atoms with Crippen LogP contribution in [0, 0.1) is 0 Å². The molecule has 1 aliphatic rings. The number of nitrogens with zero attached hydrogens (tertiary/aromatic N) is 2. The zero-order chi connectivity index (χ0) is 17.5. The van der Waals surface area contributed by atoms with Gasteiger partial charge in [0.25, 0.3) is 5.91 Å². The van der Waals surface area contributed by atoms with E-state index in [2.05, 4.69) is 39.6 Å². The van der Waals surface area contributed by atoms with Crippen LogP contribution < -0.4 is 15.5 Å². The van der Waals surface area contributed by atoms with Gasteiger partial charge in [-0.1, -0.05) is 6.92 Å². The van der Waals surface area contributed by atoms with E-state index in [0.717, 1.165) is 37.4 Å². The number of anilines is 3. The molecule has 1 saturated heterocycles. The smallest absolute Gasteiger partial charge is 0.274 e. The maximum absolute atomic E-state index is 12.3. The van der Waals surface area contributed by atoms with E-state index in [1.807, 2.05) is 18.2 Å². The summed E-state index contributed by atoms with van der Waals surface area (Å²) < 4.78 is 0. The van der Waals surface area contributed by atoms with Crippen LogP contribution in [-0.4, -0.2) is 30.5 Å². The van der Waals surface area contributed by atoms with E-state index in [9.17, 15) is 4.79 Å². The number of rotatable bonds is 6. The minimum absolute atomic E-state index is 0.187. The SMILES string of the molecule is CCCNc1ccc(C(=O)Nc2ccc(N3CCCCC3)cc2)nc1. The van der Waals surface area contributed by atoms with Crippen molar-refractivity contribution in [1.29, 1.82) is 0 Å². The summed E-state index contributed by atoms with van der Waals surface area (Å²) in [6, 6.07) is 11.7. The first-order chi connectivity index (χ1) is 12.3. The lowest BCUT2D eigenvalue weighted by Gasteiger charge is -2.28. The zero-order valence-electron chi connectivity index (χ0n) is 14.8. The van der Waals surface area contributed by atoms with Gasteiger partial charge in [-0.25, -0.2) is 4.98 Å². The summed E-state index contributed by atoms with van der Waals surface area (Å²) in [5, 5.41) is 6.16. The van der Waals surface area contributed by atoms with Crippen LogP contribution in [0.5, 0.6) is 0 Å². The Hall–Kier alpha value is -2.56. The molecule has 2 N–H and O–H groups in total. The molecule has 3 rings (SSSR count). The van der Waals surface area contributed by atoms with Crippen LogP contribution in [0.3, 0.4) is 0 Å². The van der Waals surface area contributed by atoms with Crippen molar-refractivity contribution in [2.45, 2.75) is 32.6 Å². The Morgan fingerprint density at radius 3 is 2.40 bits per heavy atom. The van der Waals surface area contributed by atoms with Crippen molar-refractivity contribution in [2.75, 3.05) is 35.2 Å². The largest absolute Gasteiger partial charge is 0.384 e. The van der Waals surface area contributed by atoms with Gasteiger partial charge in [0.05, 0.1) is 11.9 Å². The first-order valence-electron chi connectivity index (χ1n) is 9.12. The van der Waals surface area contributed by atoms with E-state index in [-0.39, 0.29) is 5.91 Å². The Morgan fingerprint density at radius 2 is 1.76 bits per heavy atom. The molecular formula is C20H26N4O. The van der Waals surface area contributed by atoms with Gasteiger partial charge in [-0.05, 0) is 62.1 Å². The number of aromatic nitrogens is 1. The summed E-state index contributed by atoms with van der Waals surface area (Å²) in [4.78, 5) is 19.0. The predicted octanol–water partition coefficient (Wildman–Crippen LogP) is 4.15. The summed E-state index contributed by atoms with van der Waals surface area (Å²) in [7, 11) is 0. The van der Waals surface area contributed by atoms with Gasteiger partial charge in [0.1, 0.15) is 5.69 Å². The van der Waals surface area contributed by atoms with Crippen molar-refractivity contribution < 1.29 is 4.79 Å². The summed E-state index contributed by atoms with van der Waals surface area (Å²) in [6.07, 6.45) is 6.59. The zero-order valence-corrected chi connectivity index (χ0v) is 14.8. The van der Waals surface area contributed by atoms with Crippen LogP contribution in [0.25, 0.3) is 0 Å². The monoisotopic (exact) mass is 338 g/mol. The standard InChI is InChI=1S/C20H26N4O/c1-2-12-21-17-8-11-19(22-15-17)20(25)23-16-6-9-18(10-7-16)24-13-4-3-5-14-24/h6-11,15,21H,2-5,12-14H2,1H3,(H,23,25). The molecule has 0 atom stereocenters. The fourth-order valence-electron chi connectivity index (χ4n) is 3.00. The fourth-order valence-corrected chi connectivity index (χ4v) is 3.00. The summed E-state index contributed by atoms with van der Waals surface area (Å²) in [5.74, 6) is -0.187. The number of piperidine rings is 1. The number of carbonyl (C=O) groups is 1. The number of amides is 1. The van der Waals surface area contributed by atoms with Crippen LogP contribution >= 0.6 is 0 Å². The van der Waals surface area contributed by atoms with Crippen LogP contribution in [0.2, 0.25) is 0 Å². The number of pyridine rings is 1. The molecule has 0 bridgehead atoms. The van der Waals surface area contributed by atoms with Gasteiger partial charge >= 0.3 is 0 Å². The Labute approximate surface area is 149 Å². The minimum atomic E-state index is -0.187. The molecule has 2 aromatic rings. The van der Waals surface area contributed by atoms with Crippen LogP contribution in [0.15, 0.2) is 42.6 Å². The van der Waals surface area contributed by atoms with Crippen molar-refractivity contribution in [3.8, 4) is 0 Å². The second-order valence-electron chi connectivity index (χ2n) is 6.41. The van der Waals surface area contributed by atoms with Crippen LogP contribution in [-0.2, 0) is 0 Å². The van der Waals surface area contributed by atoms with Gasteiger partial charge in [-0.2, -0.15) is 0 Å². The number of benzene rings is 1. The Morgan fingerprint density at radius 1 is 1.04 bits per heavy atom. The van der Waals surface area contributed by atoms with Gasteiger partial charge in [0.2, 0.25) is 0 Å². The van der Waals surface area contributed by atoms with E-state index >= 15 is 0 Å². The molecular weight excluding hydrogens is 312 g/mol. The molecule has 1 aliphatic heterocycles. The maximum atomic E-state index is 12.3. The average molecular weight is 338 g/mol. The van der Waals surface area contributed by atoms with Gasteiger partial charge < -0.3 is 15.5 Å². The van der Waals surface area contributed by atoms with Crippen molar-refractivity contribution in [3.63, 3.8) is 0 Å². The van der Waals surface area contributed by atoms with E-state index in [0.29, 0.717) is 5.69 Å². The third-order valence-electron chi connectivity index (χ3n) is 4.42. The third-order valence-corrected chi connectivity index (χ3v) is 4.42. The summed E-state index contributed by atoms with van der Waals surface area (Å²) in [6.45, 7) is 5.25. The van der Waals surface area contributed by atoms with Crippen LogP contribution in [0.1, 0.15) is 43.1 Å². The lowest BCUT2D eigenvalue weighted by atomic mass is 10.1.